The lowest BCUT2D eigenvalue weighted by Crippen LogP contribution is -2.05. The Labute approximate surface area is 114 Å². The van der Waals surface area contributed by atoms with Crippen molar-refractivity contribution in [2.24, 2.45) is 7.05 Å². The van der Waals surface area contributed by atoms with Crippen LogP contribution in [0, 0.1) is 11.3 Å². The predicted octanol–water partition coefficient (Wildman–Crippen LogP) is 3.53. The fourth-order valence-corrected chi connectivity index (χ4v) is 1.82. The lowest BCUT2D eigenvalue weighted by molar-refractivity contribution is -0.137. The quantitative estimate of drug-likeness (QED) is 0.933. The molecule has 0 aliphatic rings. The van der Waals surface area contributed by atoms with Gasteiger partial charge in [0.25, 0.3) is 0 Å². The minimum absolute atomic E-state index is 0.445. The lowest BCUT2D eigenvalue weighted by atomic mass is 10.2. The molecule has 0 spiro atoms. The molecule has 0 aliphatic heterocycles. The molecule has 1 N–H and O–H groups in total. The first kappa shape index (κ1) is 14.0. The fraction of sp³-hybridized carbons (Fsp3) is 0.214. The summed E-state index contributed by atoms with van der Waals surface area (Å²) in [5.74, 6) is 0. The lowest BCUT2D eigenvalue weighted by Gasteiger charge is -2.08. The molecule has 20 heavy (non-hydrogen) atoms. The molecule has 1 heterocycles. The van der Waals surface area contributed by atoms with Gasteiger partial charge in [0.1, 0.15) is 11.8 Å². The van der Waals surface area contributed by atoms with Gasteiger partial charge in [-0.25, -0.2) is 0 Å². The third-order valence-electron chi connectivity index (χ3n) is 2.88. The number of rotatable bonds is 3. The highest BCUT2D eigenvalue weighted by Crippen LogP contribution is 2.29. The summed E-state index contributed by atoms with van der Waals surface area (Å²) in [4.78, 5) is 0. The van der Waals surface area contributed by atoms with Gasteiger partial charge in [0.05, 0.1) is 5.56 Å². The summed E-state index contributed by atoms with van der Waals surface area (Å²) in [7, 11) is 1.76. The minimum Gasteiger partial charge on any atom is -0.381 e. The molecule has 1 aromatic carbocycles. The van der Waals surface area contributed by atoms with Crippen LogP contribution in [-0.2, 0) is 19.8 Å². The number of hydrogen-bond acceptors (Lipinski definition) is 2. The van der Waals surface area contributed by atoms with E-state index in [0.717, 1.165) is 17.7 Å². The van der Waals surface area contributed by atoms with Crippen molar-refractivity contribution in [2.75, 3.05) is 5.32 Å². The molecule has 2 rings (SSSR count). The summed E-state index contributed by atoms with van der Waals surface area (Å²) in [6.45, 7) is 0.445. The van der Waals surface area contributed by atoms with Crippen LogP contribution in [0.5, 0.6) is 0 Å². The van der Waals surface area contributed by atoms with Gasteiger partial charge < -0.3 is 9.88 Å². The first-order chi connectivity index (χ1) is 9.40. The first-order valence-corrected chi connectivity index (χ1v) is 5.86. The van der Waals surface area contributed by atoms with Gasteiger partial charge in [-0.05, 0) is 35.9 Å². The highest BCUT2D eigenvalue weighted by Gasteiger charge is 2.29. The van der Waals surface area contributed by atoms with Crippen LogP contribution in [0.25, 0.3) is 0 Å². The van der Waals surface area contributed by atoms with Gasteiger partial charge in [-0.15, -0.1) is 0 Å². The molecule has 104 valence electrons. The second-order valence-electron chi connectivity index (χ2n) is 4.38. The number of nitrogens with one attached hydrogen (secondary N) is 1. The standard InChI is InChI=1S/C14H12F3N3/c1-20-9-10(6-13(20)7-18)8-19-12-4-2-11(3-5-12)14(15,16)17/h2-6,9,19H,8H2,1H3. The van der Waals surface area contributed by atoms with E-state index in [1.165, 1.54) is 12.1 Å². The van der Waals surface area contributed by atoms with Crippen molar-refractivity contribution in [1.29, 1.82) is 5.26 Å². The van der Waals surface area contributed by atoms with Gasteiger partial charge >= 0.3 is 6.18 Å². The third-order valence-corrected chi connectivity index (χ3v) is 2.88. The van der Waals surface area contributed by atoms with Crippen LogP contribution >= 0.6 is 0 Å². The van der Waals surface area contributed by atoms with Gasteiger partial charge in [0.2, 0.25) is 0 Å². The van der Waals surface area contributed by atoms with E-state index >= 15 is 0 Å². The highest BCUT2D eigenvalue weighted by atomic mass is 19.4. The number of alkyl halides is 3. The summed E-state index contributed by atoms with van der Waals surface area (Å²) in [6.07, 6.45) is -2.52. The second-order valence-corrected chi connectivity index (χ2v) is 4.38. The molecule has 0 saturated heterocycles. The molecule has 6 heteroatoms. The van der Waals surface area contributed by atoms with E-state index in [9.17, 15) is 13.2 Å². The molecule has 3 nitrogen and oxygen atoms in total. The molecule has 0 radical (unpaired) electrons. The monoisotopic (exact) mass is 279 g/mol. The maximum atomic E-state index is 12.4. The fourth-order valence-electron chi connectivity index (χ4n) is 1.82. The molecule has 2 aromatic rings. The van der Waals surface area contributed by atoms with E-state index in [-0.39, 0.29) is 0 Å². The molecule has 0 unspecified atom stereocenters. The normalized spacial score (nSPS) is 11.2. The number of nitrogens with zero attached hydrogens (tertiary/aromatic N) is 2. The van der Waals surface area contributed by atoms with Crippen LogP contribution in [0.15, 0.2) is 36.5 Å². The zero-order valence-electron chi connectivity index (χ0n) is 10.7. The Kier molecular flexibility index (Phi) is 3.70. The maximum absolute atomic E-state index is 12.4. The number of aromatic nitrogens is 1. The van der Waals surface area contributed by atoms with Crippen LogP contribution in [0.4, 0.5) is 18.9 Å². The molecular formula is C14H12F3N3. The number of anilines is 1. The molecular weight excluding hydrogens is 267 g/mol. The first-order valence-electron chi connectivity index (χ1n) is 5.86. The van der Waals surface area contributed by atoms with E-state index in [2.05, 4.69) is 5.32 Å². The van der Waals surface area contributed by atoms with E-state index in [4.69, 9.17) is 5.26 Å². The Morgan fingerprint density at radius 2 is 1.90 bits per heavy atom. The number of benzene rings is 1. The SMILES string of the molecule is Cn1cc(CNc2ccc(C(F)(F)F)cc2)cc1C#N. The van der Waals surface area contributed by atoms with Crippen molar-refractivity contribution in [1.82, 2.24) is 4.57 Å². The van der Waals surface area contributed by atoms with E-state index < -0.39 is 11.7 Å². The van der Waals surface area contributed by atoms with E-state index in [1.807, 2.05) is 6.07 Å². The second kappa shape index (κ2) is 5.29. The average molecular weight is 279 g/mol. The minimum atomic E-state index is -4.32. The highest BCUT2D eigenvalue weighted by molar-refractivity contribution is 5.46. The molecule has 0 bridgehead atoms. The van der Waals surface area contributed by atoms with E-state index in [0.29, 0.717) is 17.9 Å². The van der Waals surface area contributed by atoms with E-state index in [1.54, 1.807) is 23.9 Å². The summed E-state index contributed by atoms with van der Waals surface area (Å²) in [5, 5.41) is 11.8. The molecule has 0 saturated carbocycles. The Hall–Kier alpha value is -2.42. The van der Waals surface area contributed by atoms with Crippen molar-refractivity contribution in [3.05, 3.63) is 53.3 Å². The Bertz CT molecular complexity index is 633. The predicted molar refractivity (Wildman–Crippen MR) is 68.9 cm³/mol. The largest absolute Gasteiger partial charge is 0.416 e. The van der Waals surface area contributed by atoms with Gasteiger partial charge in [-0.1, -0.05) is 0 Å². The van der Waals surface area contributed by atoms with Crippen molar-refractivity contribution >= 4 is 5.69 Å². The Balaban J connectivity index is 2.02. The zero-order chi connectivity index (χ0) is 14.8. The average Bonchev–Trinajstić information content (AvgIpc) is 2.76. The van der Waals surface area contributed by atoms with Gasteiger partial charge in [-0.3, -0.25) is 0 Å². The third kappa shape index (κ3) is 3.12. The molecule has 0 aliphatic carbocycles. The van der Waals surface area contributed by atoms with Crippen molar-refractivity contribution in [3.8, 4) is 6.07 Å². The Morgan fingerprint density at radius 3 is 2.40 bits per heavy atom. The summed E-state index contributed by atoms with van der Waals surface area (Å²) >= 11 is 0. The maximum Gasteiger partial charge on any atom is 0.416 e. The number of hydrogen-bond donors (Lipinski definition) is 1. The van der Waals surface area contributed by atoms with Crippen molar-refractivity contribution in [2.45, 2.75) is 12.7 Å². The van der Waals surface area contributed by atoms with Gasteiger partial charge in [0, 0.05) is 25.5 Å². The smallest absolute Gasteiger partial charge is 0.381 e. The zero-order valence-corrected chi connectivity index (χ0v) is 10.7. The van der Waals surface area contributed by atoms with Crippen LogP contribution in [0.2, 0.25) is 0 Å². The van der Waals surface area contributed by atoms with Gasteiger partial charge in [-0.2, -0.15) is 18.4 Å². The topological polar surface area (TPSA) is 40.8 Å². The Morgan fingerprint density at radius 1 is 1.25 bits per heavy atom. The van der Waals surface area contributed by atoms with Gasteiger partial charge in [0.15, 0.2) is 0 Å². The molecule has 0 amide bonds. The van der Waals surface area contributed by atoms with Crippen LogP contribution in [0.3, 0.4) is 0 Å². The summed E-state index contributed by atoms with van der Waals surface area (Å²) < 4.78 is 38.9. The number of nitriles is 1. The summed E-state index contributed by atoms with van der Waals surface area (Å²) in [5.41, 5.74) is 1.35. The molecule has 1 aromatic heterocycles. The number of aryl methyl sites for hydroxylation is 1. The molecule has 0 fully saturated rings. The molecule has 0 atom stereocenters. The number of halogens is 3. The summed E-state index contributed by atoms with van der Waals surface area (Å²) in [6, 6.07) is 8.62. The van der Waals surface area contributed by atoms with Crippen LogP contribution in [0.1, 0.15) is 16.8 Å². The van der Waals surface area contributed by atoms with Crippen LogP contribution < -0.4 is 5.32 Å². The van der Waals surface area contributed by atoms with Crippen molar-refractivity contribution in [3.63, 3.8) is 0 Å². The van der Waals surface area contributed by atoms with Crippen molar-refractivity contribution < 1.29 is 13.2 Å². The van der Waals surface area contributed by atoms with Crippen LogP contribution in [-0.4, -0.2) is 4.57 Å².